The number of benzene rings is 1. The van der Waals surface area contributed by atoms with Crippen molar-refractivity contribution >= 4 is 17.1 Å². The first-order chi connectivity index (χ1) is 10.5. The van der Waals surface area contributed by atoms with E-state index >= 15 is 0 Å². The average Bonchev–Trinajstić information content (AvgIpc) is 2.89. The van der Waals surface area contributed by atoms with E-state index in [9.17, 15) is 14.4 Å². The maximum absolute atomic E-state index is 11.7. The van der Waals surface area contributed by atoms with Crippen molar-refractivity contribution in [2.75, 3.05) is 0 Å². The fourth-order valence-corrected chi connectivity index (χ4v) is 2.35. The SMILES string of the molecule is O=C(O)CC(c1ccccc1)c1nc2[nH]c(=O)[nH]c(=O)c2[nH]1. The van der Waals surface area contributed by atoms with Gasteiger partial charge in [0.2, 0.25) is 0 Å². The lowest BCUT2D eigenvalue weighted by Crippen LogP contribution is -2.21. The van der Waals surface area contributed by atoms with Crippen LogP contribution < -0.4 is 11.2 Å². The summed E-state index contributed by atoms with van der Waals surface area (Å²) in [7, 11) is 0. The summed E-state index contributed by atoms with van der Waals surface area (Å²) >= 11 is 0. The average molecular weight is 300 g/mol. The van der Waals surface area contributed by atoms with Gasteiger partial charge in [-0.05, 0) is 5.56 Å². The van der Waals surface area contributed by atoms with Crippen molar-refractivity contribution in [2.24, 2.45) is 0 Å². The van der Waals surface area contributed by atoms with Crippen molar-refractivity contribution in [3.05, 3.63) is 62.6 Å². The second-order valence-electron chi connectivity index (χ2n) is 4.82. The number of rotatable bonds is 4. The minimum Gasteiger partial charge on any atom is -0.481 e. The molecule has 0 spiro atoms. The van der Waals surface area contributed by atoms with Gasteiger partial charge in [-0.25, -0.2) is 9.78 Å². The van der Waals surface area contributed by atoms with Crippen LogP contribution in [0.25, 0.3) is 11.2 Å². The number of nitrogens with zero attached hydrogens (tertiary/aromatic N) is 1. The number of aliphatic carboxylic acids is 1. The van der Waals surface area contributed by atoms with Crippen LogP contribution in [0.2, 0.25) is 0 Å². The second-order valence-corrected chi connectivity index (χ2v) is 4.82. The molecule has 4 N–H and O–H groups in total. The molecule has 112 valence electrons. The zero-order valence-electron chi connectivity index (χ0n) is 11.3. The Morgan fingerprint density at radius 1 is 1.14 bits per heavy atom. The highest BCUT2D eigenvalue weighted by molar-refractivity contribution is 5.71. The van der Waals surface area contributed by atoms with Crippen LogP contribution in [0.5, 0.6) is 0 Å². The molecule has 0 radical (unpaired) electrons. The molecular formula is C14H12N4O4. The Morgan fingerprint density at radius 2 is 1.86 bits per heavy atom. The number of H-pyrrole nitrogens is 3. The van der Waals surface area contributed by atoms with Crippen LogP contribution in [0.3, 0.4) is 0 Å². The van der Waals surface area contributed by atoms with E-state index in [1.165, 1.54) is 0 Å². The summed E-state index contributed by atoms with van der Waals surface area (Å²) in [6.07, 6.45) is -0.189. The molecule has 0 aliphatic carbocycles. The zero-order chi connectivity index (χ0) is 15.7. The second kappa shape index (κ2) is 5.32. The van der Waals surface area contributed by atoms with E-state index in [0.29, 0.717) is 5.82 Å². The molecule has 3 aromatic rings. The van der Waals surface area contributed by atoms with Crippen LogP contribution in [0, 0.1) is 0 Å². The molecule has 0 fully saturated rings. The summed E-state index contributed by atoms with van der Waals surface area (Å²) in [5, 5.41) is 9.11. The van der Waals surface area contributed by atoms with Gasteiger partial charge in [-0.2, -0.15) is 0 Å². The maximum atomic E-state index is 11.7. The first-order valence-corrected chi connectivity index (χ1v) is 6.53. The molecular weight excluding hydrogens is 288 g/mol. The fourth-order valence-electron chi connectivity index (χ4n) is 2.35. The van der Waals surface area contributed by atoms with Crippen molar-refractivity contribution in [1.29, 1.82) is 0 Å². The molecule has 1 unspecified atom stereocenters. The number of aromatic amines is 3. The molecule has 8 nitrogen and oxygen atoms in total. The van der Waals surface area contributed by atoms with E-state index in [2.05, 4.69) is 19.9 Å². The number of fused-ring (bicyclic) bond motifs is 1. The number of carbonyl (C=O) groups is 1. The minimum absolute atomic E-state index is 0.107. The smallest absolute Gasteiger partial charge is 0.327 e. The van der Waals surface area contributed by atoms with Crippen molar-refractivity contribution in [2.45, 2.75) is 12.3 Å². The van der Waals surface area contributed by atoms with Crippen LogP contribution in [-0.2, 0) is 4.79 Å². The molecule has 0 saturated heterocycles. The number of aromatic nitrogens is 4. The molecule has 2 heterocycles. The van der Waals surface area contributed by atoms with E-state index in [1.807, 2.05) is 6.07 Å². The summed E-state index contributed by atoms with van der Waals surface area (Å²) in [5.74, 6) is -1.22. The van der Waals surface area contributed by atoms with E-state index < -0.39 is 23.1 Å². The molecule has 0 bridgehead atoms. The van der Waals surface area contributed by atoms with Gasteiger partial charge in [-0.1, -0.05) is 30.3 Å². The third-order valence-corrected chi connectivity index (χ3v) is 3.32. The number of hydrogen-bond acceptors (Lipinski definition) is 4. The number of carboxylic acid groups (broad SMARTS) is 1. The van der Waals surface area contributed by atoms with Gasteiger partial charge in [0.25, 0.3) is 5.56 Å². The van der Waals surface area contributed by atoms with Gasteiger partial charge >= 0.3 is 11.7 Å². The number of imidazole rings is 1. The first-order valence-electron chi connectivity index (χ1n) is 6.53. The minimum atomic E-state index is -0.989. The van der Waals surface area contributed by atoms with E-state index in [0.717, 1.165) is 5.56 Å². The third-order valence-electron chi connectivity index (χ3n) is 3.32. The predicted molar refractivity (Wildman–Crippen MR) is 77.9 cm³/mol. The Bertz CT molecular complexity index is 939. The topological polar surface area (TPSA) is 132 Å². The monoisotopic (exact) mass is 300 g/mol. The molecule has 0 amide bonds. The van der Waals surface area contributed by atoms with Crippen LogP contribution in [0.4, 0.5) is 0 Å². The Balaban J connectivity index is 2.16. The van der Waals surface area contributed by atoms with Crippen molar-refractivity contribution in [3.8, 4) is 0 Å². The van der Waals surface area contributed by atoms with E-state index in [1.54, 1.807) is 24.3 Å². The zero-order valence-corrected chi connectivity index (χ0v) is 11.3. The Hall–Kier alpha value is -3.16. The first kappa shape index (κ1) is 13.8. The highest BCUT2D eigenvalue weighted by atomic mass is 16.4. The van der Waals surface area contributed by atoms with Gasteiger partial charge in [-0.3, -0.25) is 19.6 Å². The van der Waals surface area contributed by atoms with Crippen LogP contribution in [0.15, 0.2) is 39.9 Å². The highest BCUT2D eigenvalue weighted by Crippen LogP contribution is 2.26. The Kier molecular flexibility index (Phi) is 3.34. The van der Waals surface area contributed by atoms with Gasteiger partial charge in [0.1, 0.15) is 11.3 Å². The van der Waals surface area contributed by atoms with Gasteiger partial charge in [-0.15, -0.1) is 0 Å². The number of hydrogen-bond donors (Lipinski definition) is 4. The fraction of sp³-hybridized carbons (Fsp3) is 0.143. The largest absolute Gasteiger partial charge is 0.481 e. The Labute approximate surface area is 122 Å². The van der Waals surface area contributed by atoms with Crippen molar-refractivity contribution in [3.63, 3.8) is 0 Å². The van der Waals surface area contributed by atoms with Gasteiger partial charge in [0.05, 0.1) is 12.3 Å². The molecule has 0 saturated carbocycles. The highest BCUT2D eigenvalue weighted by Gasteiger charge is 2.22. The standard InChI is InChI=1S/C14H12N4O4/c19-9(20)6-8(7-4-2-1-3-5-7)11-15-10-12(16-11)17-14(22)18-13(10)21/h1-5,8H,6H2,(H,19,20)(H3,15,16,17,18,21,22). The van der Waals surface area contributed by atoms with Crippen LogP contribution >= 0.6 is 0 Å². The van der Waals surface area contributed by atoms with Gasteiger partial charge in [0, 0.05) is 0 Å². The van der Waals surface area contributed by atoms with E-state index in [-0.39, 0.29) is 17.6 Å². The molecule has 0 aliphatic rings. The summed E-state index contributed by atoms with van der Waals surface area (Å²) in [6.45, 7) is 0. The van der Waals surface area contributed by atoms with Crippen molar-refractivity contribution in [1.82, 2.24) is 19.9 Å². The number of carboxylic acids is 1. The molecule has 22 heavy (non-hydrogen) atoms. The molecule has 3 rings (SSSR count). The maximum Gasteiger partial charge on any atom is 0.327 e. The third kappa shape index (κ3) is 2.53. The lowest BCUT2D eigenvalue weighted by atomic mass is 9.95. The van der Waals surface area contributed by atoms with Crippen molar-refractivity contribution < 1.29 is 9.90 Å². The Morgan fingerprint density at radius 3 is 2.55 bits per heavy atom. The van der Waals surface area contributed by atoms with Crippen LogP contribution in [-0.4, -0.2) is 31.0 Å². The summed E-state index contributed by atoms with van der Waals surface area (Å²) < 4.78 is 0. The van der Waals surface area contributed by atoms with Gasteiger partial charge in [0.15, 0.2) is 5.65 Å². The molecule has 8 heteroatoms. The summed E-state index contributed by atoms with van der Waals surface area (Å²) in [5.41, 5.74) is -0.289. The summed E-state index contributed by atoms with van der Waals surface area (Å²) in [6, 6.07) is 8.98. The lowest BCUT2D eigenvalue weighted by Gasteiger charge is -2.12. The predicted octanol–water partition coefficient (Wildman–Crippen LogP) is 0.546. The molecule has 1 aromatic carbocycles. The summed E-state index contributed by atoms with van der Waals surface area (Å²) in [4.78, 5) is 45.6. The molecule has 1 atom stereocenters. The van der Waals surface area contributed by atoms with Crippen LogP contribution in [0.1, 0.15) is 23.7 Å². The number of nitrogens with one attached hydrogen (secondary N) is 3. The van der Waals surface area contributed by atoms with Gasteiger partial charge < -0.3 is 10.1 Å². The lowest BCUT2D eigenvalue weighted by molar-refractivity contribution is -0.137. The molecule has 0 aliphatic heterocycles. The molecule has 2 aromatic heterocycles. The van der Waals surface area contributed by atoms with E-state index in [4.69, 9.17) is 5.11 Å². The normalized spacial score (nSPS) is 12.4. The quantitative estimate of drug-likeness (QED) is 0.558.